The molecule has 0 radical (unpaired) electrons. The molecule has 0 spiro atoms. The van der Waals surface area contributed by atoms with E-state index in [1.165, 1.54) is 11.1 Å². The summed E-state index contributed by atoms with van der Waals surface area (Å²) in [7, 11) is -6.70. The summed E-state index contributed by atoms with van der Waals surface area (Å²) in [5, 5.41) is 10.1. The molecule has 0 saturated heterocycles. The molecule has 2 rings (SSSR count). The van der Waals surface area contributed by atoms with Gasteiger partial charge in [-0.25, -0.2) is 0 Å². The SMILES string of the molecule is CCC(C(=O)C1([C@H](CC(=O)O)O[Si](C)(C)C(C)(C)C)CCC1)[C@@H](O[Si](C)(C)C(C)(C)C)[C@@H](C)CCCC(C)=CC[C@H](O[Si](C)(C)C(C)(C)C)C(C)=Cc1ccccn1. The van der Waals surface area contributed by atoms with Crippen molar-refractivity contribution in [1.29, 1.82) is 0 Å². The number of carbonyl (C=O) groups excluding carboxylic acids is 1. The molecule has 0 amide bonds. The molecule has 7 nitrogen and oxygen atoms in total. The van der Waals surface area contributed by atoms with E-state index < -0.39 is 42.4 Å². The third-order valence-electron chi connectivity index (χ3n) is 14.7. The summed E-state index contributed by atoms with van der Waals surface area (Å²) in [6.45, 7) is 42.5. The van der Waals surface area contributed by atoms with Crippen molar-refractivity contribution >= 4 is 42.8 Å². The number of carboxylic acid groups (broad SMARTS) is 1. The number of Topliss-reactive ketones (excluding diaryl/α,β-unsaturated/α-hetero) is 1. The molecule has 1 saturated carbocycles. The van der Waals surface area contributed by atoms with Crippen molar-refractivity contribution in [2.75, 3.05) is 0 Å². The Morgan fingerprint density at radius 1 is 0.862 bits per heavy atom. The van der Waals surface area contributed by atoms with E-state index >= 15 is 4.79 Å². The second-order valence-corrected chi connectivity index (χ2v) is 36.6. The van der Waals surface area contributed by atoms with Gasteiger partial charge in [-0.05, 0) is 143 Å². The molecule has 332 valence electrons. The normalized spacial score (nSPS) is 18.9. The zero-order valence-electron chi connectivity index (χ0n) is 40.7. The molecule has 0 aromatic carbocycles. The number of nitrogens with zero attached hydrogens (tertiary/aromatic N) is 1. The summed E-state index contributed by atoms with van der Waals surface area (Å²) in [6, 6.07) is 6.00. The van der Waals surface area contributed by atoms with E-state index in [-0.39, 0.29) is 51.4 Å². The van der Waals surface area contributed by atoms with Crippen LogP contribution in [0.4, 0.5) is 0 Å². The number of hydrogen-bond acceptors (Lipinski definition) is 6. The number of allylic oxidation sites excluding steroid dienone is 1. The average molecular weight is 858 g/mol. The molecule has 5 atom stereocenters. The lowest BCUT2D eigenvalue weighted by molar-refractivity contribution is -0.156. The predicted octanol–water partition coefficient (Wildman–Crippen LogP) is 14.0. The van der Waals surface area contributed by atoms with E-state index in [0.29, 0.717) is 19.3 Å². The van der Waals surface area contributed by atoms with Crippen LogP contribution in [-0.2, 0) is 22.9 Å². The number of carboxylic acids is 1. The van der Waals surface area contributed by atoms with E-state index in [0.717, 1.165) is 37.8 Å². The number of carbonyl (C=O) groups is 2. The van der Waals surface area contributed by atoms with Crippen LogP contribution < -0.4 is 0 Å². The van der Waals surface area contributed by atoms with Gasteiger partial charge in [-0.3, -0.25) is 14.6 Å². The largest absolute Gasteiger partial charge is 0.481 e. The van der Waals surface area contributed by atoms with Crippen LogP contribution in [0.3, 0.4) is 0 Å². The zero-order valence-corrected chi connectivity index (χ0v) is 43.7. The van der Waals surface area contributed by atoms with Crippen molar-refractivity contribution in [3.8, 4) is 0 Å². The highest BCUT2D eigenvalue weighted by Crippen LogP contribution is 2.53. The van der Waals surface area contributed by atoms with Gasteiger partial charge in [-0.1, -0.05) is 100 Å². The van der Waals surface area contributed by atoms with Crippen LogP contribution in [0.5, 0.6) is 0 Å². The lowest BCUT2D eigenvalue weighted by atomic mass is 9.58. The standard InChI is InChI=1S/C48H87NO6Si3/c1-20-39(44(52)48(30-24-31-48)41(34-42(50)51)54-57(16,17)46(8,9)10)43(55-58(18,19)47(11,12)13)36(3)26-23-25-35(2)28-29-40(53-56(14,15)45(5,6)7)37(4)33-38-27-21-22-32-49-38/h21-22,27-28,32-33,36,39-41,43H,20,23-26,29-31,34H2,1-19H3,(H,50,51)/t36-,39?,40-,41-,43-/m0/s1. The van der Waals surface area contributed by atoms with Crippen molar-refractivity contribution in [1.82, 2.24) is 4.98 Å². The Morgan fingerprint density at radius 2 is 1.40 bits per heavy atom. The first-order valence-electron chi connectivity index (χ1n) is 22.4. The smallest absolute Gasteiger partial charge is 0.305 e. The number of rotatable bonds is 22. The third kappa shape index (κ3) is 13.9. The average Bonchev–Trinajstić information content (AvgIpc) is 3.04. The number of aliphatic carboxylic acids is 1. The molecule has 1 N–H and O–H groups in total. The lowest BCUT2D eigenvalue weighted by Gasteiger charge is -2.52. The van der Waals surface area contributed by atoms with Gasteiger partial charge in [0.1, 0.15) is 5.78 Å². The van der Waals surface area contributed by atoms with E-state index in [9.17, 15) is 9.90 Å². The third-order valence-corrected chi connectivity index (χ3v) is 28.1. The Labute approximate surface area is 359 Å². The number of aromatic nitrogens is 1. The topological polar surface area (TPSA) is 95.0 Å². The van der Waals surface area contributed by atoms with Crippen LogP contribution in [0, 0.1) is 17.3 Å². The fourth-order valence-corrected chi connectivity index (χ4v) is 11.4. The Bertz CT molecular complexity index is 1540. The number of hydrogen-bond donors (Lipinski definition) is 1. The molecule has 58 heavy (non-hydrogen) atoms. The molecule has 0 aliphatic heterocycles. The fraction of sp³-hybridized carbons (Fsp3) is 0.771. The maximum atomic E-state index is 15.2. The Kier molecular flexibility index (Phi) is 18.5. The summed E-state index contributed by atoms with van der Waals surface area (Å²) in [5.41, 5.74) is 2.68. The van der Waals surface area contributed by atoms with Gasteiger partial charge >= 0.3 is 5.97 Å². The van der Waals surface area contributed by atoms with Gasteiger partial charge in [0.25, 0.3) is 0 Å². The number of pyridine rings is 1. The van der Waals surface area contributed by atoms with Gasteiger partial charge < -0.3 is 18.4 Å². The monoisotopic (exact) mass is 858 g/mol. The van der Waals surface area contributed by atoms with Crippen molar-refractivity contribution in [2.45, 2.75) is 221 Å². The molecule has 1 unspecified atom stereocenters. The van der Waals surface area contributed by atoms with Crippen LogP contribution in [0.1, 0.15) is 153 Å². The highest BCUT2D eigenvalue weighted by atomic mass is 28.4. The van der Waals surface area contributed by atoms with Crippen molar-refractivity contribution in [2.24, 2.45) is 17.3 Å². The lowest BCUT2D eigenvalue weighted by Crippen LogP contribution is -2.59. The molecule has 0 bridgehead atoms. The van der Waals surface area contributed by atoms with Gasteiger partial charge in [-0.2, -0.15) is 0 Å². The van der Waals surface area contributed by atoms with E-state index in [2.05, 4.69) is 146 Å². The van der Waals surface area contributed by atoms with Crippen LogP contribution in [-0.4, -0.2) is 65.1 Å². The minimum Gasteiger partial charge on any atom is -0.481 e. The minimum atomic E-state index is -2.37. The van der Waals surface area contributed by atoms with Crippen molar-refractivity contribution < 1.29 is 28.0 Å². The van der Waals surface area contributed by atoms with Crippen LogP contribution >= 0.6 is 0 Å². The molecular weight excluding hydrogens is 771 g/mol. The van der Waals surface area contributed by atoms with Crippen molar-refractivity contribution in [3.05, 3.63) is 47.3 Å². The quantitative estimate of drug-likeness (QED) is 0.0916. The number of ketones is 1. The van der Waals surface area contributed by atoms with Crippen molar-refractivity contribution in [3.63, 3.8) is 0 Å². The van der Waals surface area contributed by atoms with E-state index in [1.54, 1.807) is 0 Å². The zero-order chi connectivity index (χ0) is 44.7. The van der Waals surface area contributed by atoms with E-state index in [4.69, 9.17) is 13.3 Å². The maximum Gasteiger partial charge on any atom is 0.305 e. The molecule has 1 aromatic rings. The van der Waals surface area contributed by atoms with Crippen LogP contribution in [0.15, 0.2) is 41.6 Å². The fourth-order valence-electron chi connectivity index (χ4n) is 7.30. The summed E-state index contributed by atoms with van der Waals surface area (Å²) in [6.07, 6.45) is 11.9. The summed E-state index contributed by atoms with van der Waals surface area (Å²) < 4.78 is 21.3. The molecule has 10 heteroatoms. The molecule has 1 fully saturated rings. The Balaban J connectivity index is 2.41. The second kappa shape index (κ2) is 20.4. The van der Waals surface area contributed by atoms with Gasteiger partial charge in [0.15, 0.2) is 25.0 Å². The van der Waals surface area contributed by atoms with Gasteiger partial charge in [0.2, 0.25) is 0 Å². The molecule has 1 aliphatic rings. The molecule has 1 aromatic heterocycles. The molecule has 1 heterocycles. The minimum absolute atomic E-state index is 0.0246. The summed E-state index contributed by atoms with van der Waals surface area (Å²) >= 11 is 0. The van der Waals surface area contributed by atoms with Crippen LogP contribution in [0.2, 0.25) is 54.4 Å². The highest BCUT2D eigenvalue weighted by Gasteiger charge is 2.57. The maximum absolute atomic E-state index is 15.2. The molecular formula is C48H87NO6Si3. The Hall–Kier alpha value is -1.70. The second-order valence-electron chi connectivity index (χ2n) is 22.4. The van der Waals surface area contributed by atoms with Gasteiger partial charge in [0, 0.05) is 12.1 Å². The summed E-state index contributed by atoms with van der Waals surface area (Å²) in [4.78, 5) is 32.2. The van der Waals surface area contributed by atoms with Crippen LogP contribution in [0.25, 0.3) is 6.08 Å². The van der Waals surface area contributed by atoms with Gasteiger partial charge in [-0.15, -0.1) is 0 Å². The highest BCUT2D eigenvalue weighted by molar-refractivity contribution is 6.75. The molecule has 1 aliphatic carbocycles. The van der Waals surface area contributed by atoms with Gasteiger partial charge in [0.05, 0.1) is 35.8 Å². The first-order valence-corrected chi connectivity index (χ1v) is 31.1. The first kappa shape index (κ1) is 52.4. The van der Waals surface area contributed by atoms with E-state index in [1.807, 2.05) is 24.4 Å². The Morgan fingerprint density at radius 3 is 1.84 bits per heavy atom. The first-order chi connectivity index (χ1) is 26.3. The predicted molar refractivity (Wildman–Crippen MR) is 253 cm³/mol. The summed E-state index contributed by atoms with van der Waals surface area (Å²) in [5.74, 6) is -0.924.